The van der Waals surface area contributed by atoms with Crippen molar-refractivity contribution in [3.8, 4) is 0 Å². The monoisotopic (exact) mass is 362 g/mol. The zero-order valence-corrected chi connectivity index (χ0v) is 14.8. The number of fused-ring (bicyclic) bond motifs is 1. The third-order valence-corrected chi connectivity index (χ3v) is 4.97. The van der Waals surface area contributed by atoms with E-state index in [1.54, 1.807) is 9.80 Å². The Balaban J connectivity index is 1.46. The van der Waals surface area contributed by atoms with Crippen LogP contribution in [0.4, 0.5) is 4.39 Å². The minimum Gasteiger partial charge on any atom is -0.335 e. The fourth-order valence-corrected chi connectivity index (χ4v) is 3.47. The molecule has 0 aromatic heterocycles. The van der Waals surface area contributed by atoms with E-state index < -0.39 is 0 Å². The van der Waals surface area contributed by atoms with Crippen LogP contribution in [0.2, 0.25) is 0 Å². The Labute approximate surface area is 156 Å². The summed E-state index contributed by atoms with van der Waals surface area (Å²) in [5.74, 6) is -0.509. The first-order valence-electron chi connectivity index (χ1n) is 8.95. The second kappa shape index (κ2) is 7.19. The standard InChI is InChI=1S/C22H19FN2O2/c23-18-10-8-17(9-11-18)21(26)24-12-14-25(15-13-24)22(27)20-7-3-5-16-4-1-2-6-19(16)20/h1-11H,12-15H2. The summed E-state index contributed by atoms with van der Waals surface area (Å²) in [5, 5.41) is 1.98. The molecule has 0 spiro atoms. The molecule has 3 aromatic rings. The minimum absolute atomic E-state index is 0.0133. The van der Waals surface area contributed by atoms with Crippen molar-refractivity contribution in [3.63, 3.8) is 0 Å². The molecule has 0 atom stereocenters. The zero-order valence-electron chi connectivity index (χ0n) is 14.8. The maximum absolute atomic E-state index is 13.0. The van der Waals surface area contributed by atoms with Crippen molar-refractivity contribution in [1.82, 2.24) is 9.80 Å². The molecule has 3 aromatic carbocycles. The molecule has 0 radical (unpaired) electrons. The highest BCUT2D eigenvalue weighted by atomic mass is 19.1. The number of halogens is 1. The summed E-state index contributed by atoms with van der Waals surface area (Å²) in [6.45, 7) is 1.89. The van der Waals surface area contributed by atoms with Crippen molar-refractivity contribution < 1.29 is 14.0 Å². The van der Waals surface area contributed by atoms with E-state index in [2.05, 4.69) is 0 Å². The van der Waals surface area contributed by atoms with Crippen LogP contribution in [0.3, 0.4) is 0 Å². The van der Waals surface area contributed by atoms with Crippen LogP contribution in [0.5, 0.6) is 0 Å². The summed E-state index contributed by atoms with van der Waals surface area (Å²) in [4.78, 5) is 29.0. The Bertz CT molecular complexity index is 987. The molecule has 136 valence electrons. The van der Waals surface area contributed by atoms with Crippen molar-refractivity contribution in [3.05, 3.63) is 83.7 Å². The summed E-state index contributed by atoms with van der Waals surface area (Å²) < 4.78 is 13.0. The molecule has 27 heavy (non-hydrogen) atoms. The largest absolute Gasteiger partial charge is 0.335 e. The normalized spacial score (nSPS) is 14.4. The van der Waals surface area contributed by atoms with Crippen LogP contribution in [-0.4, -0.2) is 47.8 Å². The molecular weight excluding hydrogens is 343 g/mol. The first-order chi connectivity index (χ1) is 13.1. The predicted octanol–water partition coefficient (Wildman–Crippen LogP) is 3.58. The first kappa shape index (κ1) is 17.2. The number of nitrogens with zero attached hydrogens (tertiary/aromatic N) is 2. The van der Waals surface area contributed by atoms with Gasteiger partial charge in [0.2, 0.25) is 0 Å². The van der Waals surface area contributed by atoms with Crippen LogP contribution in [0.15, 0.2) is 66.7 Å². The molecule has 0 saturated carbocycles. The second-order valence-electron chi connectivity index (χ2n) is 6.62. The molecule has 4 nitrogen and oxygen atoms in total. The Morgan fingerprint density at radius 2 is 1.30 bits per heavy atom. The van der Waals surface area contributed by atoms with Crippen molar-refractivity contribution in [2.75, 3.05) is 26.2 Å². The third kappa shape index (κ3) is 3.40. The van der Waals surface area contributed by atoms with Crippen molar-refractivity contribution >= 4 is 22.6 Å². The fourth-order valence-electron chi connectivity index (χ4n) is 3.47. The van der Waals surface area contributed by atoms with E-state index in [0.29, 0.717) is 37.3 Å². The first-order valence-corrected chi connectivity index (χ1v) is 8.95. The van der Waals surface area contributed by atoms with E-state index in [1.165, 1.54) is 24.3 Å². The molecule has 0 aliphatic carbocycles. The van der Waals surface area contributed by atoms with Gasteiger partial charge in [-0.05, 0) is 41.1 Å². The van der Waals surface area contributed by atoms with Gasteiger partial charge in [0, 0.05) is 37.3 Å². The number of amides is 2. The lowest BCUT2D eigenvalue weighted by Gasteiger charge is -2.35. The van der Waals surface area contributed by atoms with E-state index in [0.717, 1.165) is 10.8 Å². The molecule has 5 heteroatoms. The van der Waals surface area contributed by atoms with Gasteiger partial charge in [0.15, 0.2) is 0 Å². The van der Waals surface area contributed by atoms with Gasteiger partial charge >= 0.3 is 0 Å². The SMILES string of the molecule is O=C(c1ccc(F)cc1)N1CCN(C(=O)c2cccc3ccccc23)CC1. The third-order valence-electron chi connectivity index (χ3n) is 4.97. The van der Waals surface area contributed by atoms with Crippen molar-refractivity contribution in [2.45, 2.75) is 0 Å². The average molecular weight is 362 g/mol. The number of carbonyl (C=O) groups is 2. The summed E-state index contributed by atoms with van der Waals surface area (Å²) in [5.41, 5.74) is 1.15. The lowest BCUT2D eigenvalue weighted by molar-refractivity contribution is 0.0536. The Morgan fingerprint density at radius 3 is 2.00 bits per heavy atom. The molecule has 1 fully saturated rings. The second-order valence-corrected chi connectivity index (χ2v) is 6.62. The van der Waals surface area contributed by atoms with Gasteiger partial charge in [0.25, 0.3) is 11.8 Å². The van der Waals surface area contributed by atoms with Crippen LogP contribution in [0.1, 0.15) is 20.7 Å². The van der Waals surface area contributed by atoms with Gasteiger partial charge in [-0.1, -0.05) is 36.4 Å². The van der Waals surface area contributed by atoms with Gasteiger partial charge in [0.05, 0.1) is 0 Å². The van der Waals surface area contributed by atoms with E-state index in [-0.39, 0.29) is 17.6 Å². The number of piperazine rings is 1. The van der Waals surface area contributed by atoms with Crippen LogP contribution in [0, 0.1) is 5.82 Å². The summed E-state index contributed by atoms with van der Waals surface area (Å²) in [6.07, 6.45) is 0. The molecule has 0 N–H and O–H groups in total. The number of rotatable bonds is 2. The van der Waals surface area contributed by atoms with Gasteiger partial charge < -0.3 is 9.80 Å². The molecule has 1 aliphatic rings. The maximum Gasteiger partial charge on any atom is 0.254 e. The summed E-state index contributed by atoms with van der Waals surface area (Å²) in [7, 11) is 0. The van der Waals surface area contributed by atoms with E-state index >= 15 is 0 Å². The topological polar surface area (TPSA) is 40.6 Å². The molecule has 1 aliphatic heterocycles. The quantitative estimate of drug-likeness (QED) is 0.699. The molecular formula is C22H19FN2O2. The lowest BCUT2D eigenvalue weighted by atomic mass is 10.0. The van der Waals surface area contributed by atoms with Crippen LogP contribution in [0.25, 0.3) is 10.8 Å². The number of hydrogen-bond donors (Lipinski definition) is 0. The van der Waals surface area contributed by atoms with E-state index in [4.69, 9.17) is 0 Å². The number of hydrogen-bond acceptors (Lipinski definition) is 2. The fraction of sp³-hybridized carbons (Fsp3) is 0.182. The van der Waals surface area contributed by atoms with Gasteiger partial charge in [0.1, 0.15) is 5.82 Å². The van der Waals surface area contributed by atoms with Crippen LogP contribution in [-0.2, 0) is 0 Å². The van der Waals surface area contributed by atoms with E-state index in [9.17, 15) is 14.0 Å². The Kier molecular flexibility index (Phi) is 4.59. The highest BCUT2D eigenvalue weighted by molar-refractivity contribution is 6.07. The lowest BCUT2D eigenvalue weighted by Crippen LogP contribution is -2.50. The van der Waals surface area contributed by atoms with Gasteiger partial charge in [-0.15, -0.1) is 0 Å². The zero-order chi connectivity index (χ0) is 18.8. The highest BCUT2D eigenvalue weighted by Gasteiger charge is 2.26. The number of benzene rings is 3. The van der Waals surface area contributed by atoms with Gasteiger partial charge in [-0.25, -0.2) is 4.39 Å². The van der Waals surface area contributed by atoms with E-state index in [1.807, 2.05) is 42.5 Å². The highest BCUT2D eigenvalue weighted by Crippen LogP contribution is 2.21. The smallest absolute Gasteiger partial charge is 0.254 e. The van der Waals surface area contributed by atoms with Gasteiger partial charge in [-0.3, -0.25) is 9.59 Å². The van der Waals surface area contributed by atoms with Crippen molar-refractivity contribution in [1.29, 1.82) is 0 Å². The number of carbonyl (C=O) groups excluding carboxylic acids is 2. The Hall–Kier alpha value is -3.21. The molecule has 1 heterocycles. The average Bonchev–Trinajstić information content (AvgIpc) is 2.73. The van der Waals surface area contributed by atoms with Gasteiger partial charge in [-0.2, -0.15) is 0 Å². The van der Waals surface area contributed by atoms with Crippen LogP contribution < -0.4 is 0 Å². The van der Waals surface area contributed by atoms with Crippen LogP contribution >= 0.6 is 0 Å². The van der Waals surface area contributed by atoms with Crippen molar-refractivity contribution in [2.24, 2.45) is 0 Å². The molecule has 4 rings (SSSR count). The summed E-state index contributed by atoms with van der Waals surface area (Å²) in [6, 6.07) is 19.1. The Morgan fingerprint density at radius 1 is 0.704 bits per heavy atom. The molecule has 0 bridgehead atoms. The summed E-state index contributed by atoms with van der Waals surface area (Å²) >= 11 is 0. The molecule has 0 unspecified atom stereocenters. The maximum atomic E-state index is 13.0. The minimum atomic E-state index is -0.364. The molecule has 1 saturated heterocycles. The predicted molar refractivity (Wildman–Crippen MR) is 102 cm³/mol. The molecule has 2 amide bonds.